The van der Waals surface area contributed by atoms with Crippen LogP contribution in [-0.2, 0) is 5.88 Å². The number of benzene rings is 2. The van der Waals surface area contributed by atoms with Gasteiger partial charge in [-0.2, -0.15) is 0 Å². The summed E-state index contributed by atoms with van der Waals surface area (Å²) in [7, 11) is 0. The SMILES string of the molecule is c1ccc2sc(SCn3nnc4ccccc43)nc2c1. The van der Waals surface area contributed by atoms with Crippen molar-refractivity contribution in [1.82, 2.24) is 20.0 Å². The summed E-state index contributed by atoms with van der Waals surface area (Å²) in [6.07, 6.45) is 0. The summed E-state index contributed by atoms with van der Waals surface area (Å²) < 4.78 is 4.19. The van der Waals surface area contributed by atoms with Gasteiger partial charge in [0.15, 0.2) is 4.34 Å². The highest BCUT2D eigenvalue weighted by Gasteiger charge is 2.07. The second-order valence-electron chi connectivity index (χ2n) is 4.30. The number of nitrogens with zero attached hydrogens (tertiary/aromatic N) is 4. The summed E-state index contributed by atoms with van der Waals surface area (Å²) in [5.41, 5.74) is 3.04. The quantitative estimate of drug-likeness (QED) is 0.540. The largest absolute Gasteiger partial charge is 0.234 e. The molecular formula is C14H10N4S2. The van der Waals surface area contributed by atoms with E-state index in [1.807, 2.05) is 47.1 Å². The van der Waals surface area contributed by atoms with Crippen molar-refractivity contribution in [2.45, 2.75) is 10.2 Å². The van der Waals surface area contributed by atoms with Gasteiger partial charge in [0.2, 0.25) is 0 Å². The molecule has 0 aliphatic rings. The molecule has 0 N–H and O–H groups in total. The van der Waals surface area contributed by atoms with E-state index in [-0.39, 0.29) is 0 Å². The van der Waals surface area contributed by atoms with Crippen molar-refractivity contribution in [3.8, 4) is 0 Å². The normalized spacial score (nSPS) is 11.4. The van der Waals surface area contributed by atoms with Gasteiger partial charge in [0.1, 0.15) is 5.52 Å². The van der Waals surface area contributed by atoms with Gasteiger partial charge >= 0.3 is 0 Å². The Morgan fingerprint density at radius 1 is 1.00 bits per heavy atom. The zero-order chi connectivity index (χ0) is 13.4. The number of hydrogen-bond acceptors (Lipinski definition) is 5. The van der Waals surface area contributed by atoms with Crippen molar-refractivity contribution in [2.75, 3.05) is 0 Å². The monoisotopic (exact) mass is 298 g/mol. The Hall–Kier alpha value is -1.92. The van der Waals surface area contributed by atoms with E-state index in [0.29, 0.717) is 0 Å². The Bertz CT molecular complexity index is 848. The van der Waals surface area contributed by atoms with E-state index in [2.05, 4.69) is 21.4 Å². The Balaban J connectivity index is 1.60. The van der Waals surface area contributed by atoms with Crippen molar-refractivity contribution >= 4 is 44.3 Å². The lowest BCUT2D eigenvalue weighted by molar-refractivity contribution is 0.722. The minimum absolute atomic E-state index is 0.723. The third kappa shape index (κ3) is 2.07. The van der Waals surface area contributed by atoms with E-state index in [4.69, 9.17) is 0 Å². The molecule has 6 heteroatoms. The van der Waals surface area contributed by atoms with Crippen LogP contribution in [0, 0.1) is 0 Å². The minimum Gasteiger partial charge on any atom is -0.234 e. The molecule has 4 rings (SSSR count). The maximum atomic E-state index is 4.61. The molecule has 0 fully saturated rings. The van der Waals surface area contributed by atoms with Gasteiger partial charge in [-0.1, -0.05) is 41.2 Å². The van der Waals surface area contributed by atoms with Crippen LogP contribution in [0.2, 0.25) is 0 Å². The van der Waals surface area contributed by atoms with E-state index >= 15 is 0 Å². The molecule has 4 aromatic rings. The van der Waals surface area contributed by atoms with E-state index in [0.717, 1.165) is 26.8 Å². The van der Waals surface area contributed by atoms with E-state index in [1.165, 1.54) is 4.70 Å². The second-order valence-corrected chi connectivity index (χ2v) is 6.52. The van der Waals surface area contributed by atoms with Gasteiger partial charge in [-0.15, -0.1) is 16.4 Å². The van der Waals surface area contributed by atoms with Crippen LogP contribution in [0.1, 0.15) is 0 Å². The third-order valence-electron chi connectivity index (χ3n) is 3.00. The molecule has 0 saturated heterocycles. The van der Waals surface area contributed by atoms with E-state index in [9.17, 15) is 0 Å². The molecule has 0 spiro atoms. The zero-order valence-electron chi connectivity index (χ0n) is 10.4. The van der Waals surface area contributed by atoms with Crippen LogP contribution >= 0.6 is 23.1 Å². The van der Waals surface area contributed by atoms with Gasteiger partial charge in [0, 0.05) is 0 Å². The average Bonchev–Trinajstić information content (AvgIpc) is 3.08. The van der Waals surface area contributed by atoms with Crippen LogP contribution in [0.5, 0.6) is 0 Å². The molecule has 0 aliphatic carbocycles. The lowest BCUT2D eigenvalue weighted by atomic mass is 10.3. The topological polar surface area (TPSA) is 43.6 Å². The minimum atomic E-state index is 0.723. The van der Waals surface area contributed by atoms with Gasteiger partial charge in [0.05, 0.1) is 21.6 Å². The van der Waals surface area contributed by atoms with Crippen molar-refractivity contribution in [3.63, 3.8) is 0 Å². The molecular weight excluding hydrogens is 288 g/mol. The van der Waals surface area contributed by atoms with Crippen molar-refractivity contribution < 1.29 is 0 Å². The van der Waals surface area contributed by atoms with Crippen LogP contribution < -0.4 is 0 Å². The number of aromatic nitrogens is 4. The number of thiazole rings is 1. The number of rotatable bonds is 3. The molecule has 0 atom stereocenters. The van der Waals surface area contributed by atoms with Crippen molar-refractivity contribution in [3.05, 3.63) is 48.5 Å². The smallest absolute Gasteiger partial charge is 0.152 e. The number of hydrogen-bond donors (Lipinski definition) is 0. The highest BCUT2D eigenvalue weighted by atomic mass is 32.2. The summed E-state index contributed by atoms with van der Waals surface area (Å²) in [4.78, 5) is 4.61. The first-order valence-electron chi connectivity index (χ1n) is 6.17. The van der Waals surface area contributed by atoms with Gasteiger partial charge in [-0.3, -0.25) is 0 Å². The summed E-state index contributed by atoms with van der Waals surface area (Å²) in [5, 5.41) is 8.34. The van der Waals surface area contributed by atoms with Crippen LogP contribution in [0.15, 0.2) is 52.9 Å². The summed E-state index contributed by atoms with van der Waals surface area (Å²) in [6, 6.07) is 16.2. The highest BCUT2D eigenvalue weighted by Crippen LogP contribution is 2.30. The van der Waals surface area contributed by atoms with E-state index < -0.39 is 0 Å². The molecule has 0 aliphatic heterocycles. The van der Waals surface area contributed by atoms with Crippen molar-refractivity contribution in [2.24, 2.45) is 0 Å². The molecule has 98 valence electrons. The molecule has 0 unspecified atom stereocenters. The van der Waals surface area contributed by atoms with Crippen molar-refractivity contribution in [1.29, 1.82) is 0 Å². The maximum Gasteiger partial charge on any atom is 0.152 e. The van der Waals surface area contributed by atoms with Crippen LogP contribution in [0.4, 0.5) is 0 Å². The average molecular weight is 298 g/mol. The first-order chi connectivity index (χ1) is 9.90. The van der Waals surface area contributed by atoms with Crippen LogP contribution in [-0.4, -0.2) is 20.0 Å². The molecule has 2 aromatic heterocycles. The number of fused-ring (bicyclic) bond motifs is 2. The lowest BCUT2D eigenvalue weighted by Crippen LogP contribution is -1.96. The molecule has 2 heterocycles. The maximum absolute atomic E-state index is 4.61. The second kappa shape index (κ2) is 4.88. The predicted octanol–water partition coefficient (Wildman–Crippen LogP) is 3.79. The van der Waals surface area contributed by atoms with Gasteiger partial charge in [0.25, 0.3) is 0 Å². The highest BCUT2D eigenvalue weighted by molar-refractivity contribution is 8.00. The van der Waals surface area contributed by atoms with Gasteiger partial charge < -0.3 is 0 Å². The Morgan fingerprint density at radius 2 is 1.80 bits per heavy atom. The summed E-state index contributed by atoms with van der Waals surface area (Å²) >= 11 is 3.40. The molecule has 4 nitrogen and oxygen atoms in total. The van der Waals surface area contributed by atoms with Gasteiger partial charge in [-0.25, -0.2) is 9.67 Å². The summed E-state index contributed by atoms with van der Waals surface area (Å²) in [5.74, 6) is 0.723. The number of thioether (sulfide) groups is 1. The first-order valence-corrected chi connectivity index (χ1v) is 7.97. The zero-order valence-corrected chi connectivity index (χ0v) is 12.1. The first kappa shape index (κ1) is 11.9. The fraction of sp³-hybridized carbons (Fsp3) is 0.0714. The molecule has 0 radical (unpaired) electrons. The van der Waals surface area contributed by atoms with Crippen LogP contribution in [0.3, 0.4) is 0 Å². The molecule has 0 bridgehead atoms. The van der Waals surface area contributed by atoms with E-state index in [1.54, 1.807) is 23.1 Å². The molecule has 0 amide bonds. The Morgan fingerprint density at radius 3 is 2.70 bits per heavy atom. The fourth-order valence-corrected chi connectivity index (χ4v) is 3.99. The number of para-hydroxylation sites is 2. The Labute approximate surface area is 123 Å². The van der Waals surface area contributed by atoms with Crippen LogP contribution in [0.25, 0.3) is 21.3 Å². The Kier molecular flexibility index (Phi) is 2.90. The fourth-order valence-electron chi connectivity index (χ4n) is 2.04. The summed E-state index contributed by atoms with van der Waals surface area (Å²) in [6.45, 7) is 0. The third-order valence-corrected chi connectivity index (χ3v) is 5.15. The molecule has 0 saturated carbocycles. The molecule has 2 aromatic carbocycles. The standard InChI is InChI=1S/C14H10N4S2/c1-3-7-12-10(5-1)16-17-18(12)9-19-14-15-11-6-2-4-8-13(11)20-14/h1-8H,9H2. The predicted molar refractivity (Wildman–Crippen MR) is 83.0 cm³/mol. The lowest BCUT2D eigenvalue weighted by Gasteiger charge is -1.98. The molecule has 20 heavy (non-hydrogen) atoms. The van der Waals surface area contributed by atoms with Gasteiger partial charge in [-0.05, 0) is 24.3 Å².